The average Bonchev–Trinajstić information content (AvgIpc) is 2.83. The Hall–Kier alpha value is -3.56. The van der Waals surface area contributed by atoms with Crippen molar-refractivity contribution in [3.8, 4) is 17.2 Å². The molecular weight excluding hydrogens is 478 g/mol. The van der Waals surface area contributed by atoms with Gasteiger partial charge in [0, 0.05) is 27.5 Å². The van der Waals surface area contributed by atoms with Crippen molar-refractivity contribution < 1.29 is 23.8 Å². The Balaban J connectivity index is 1.65. The summed E-state index contributed by atoms with van der Waals surface area (Å²) in [5, 5.41) is 9.22. The van der Waals surface area contributed by atoms with Crippen LogP contribution in [0.5, 0.6) is 17.2 Å². The minimum atomic E-state index is -0.461. The maximum atomic E-state index is 12.7. The van der Waals surface area contributed by atoms with E-state index in [0.717, 1.165) is 5.03 Å². The fourth-order valence-electron chi connectivity index (χ4n) is 3.24. The van der Waals surface area contributed by atoms with Gasteiger partial charge in [-0.25, -0.2) is 0 Å². The monoisotopic (exact) mass is 501 g/mol. The van der Waals surface area contributed by atoms with E-state index < -0.39 is 5.91 Å². The lowest BCUT2D eigenvalue weighted by Gasteiger charge is -2.15. The molecule has 0 bridgehead atoms. The zero-order valence-corrected chi connectivity index (χ0v) is 20.4. The number of thiocarbonyl (C=S) groups is 1. The van der Waals surface area contributed by atoms with Crippen molar-refractivity contribution in [1.82, 2.24) is 5.32 Å². The van der Waals surface area contributed by atoms with Crippen molar-refractivity contribution in [2.24, 2.45) is 0 Å². The SMILES string of the molecule is COc1cc(C(=O)NC(=S)Nc2cccc(NC(=O)C3=CC=C(Cl)CC3)c2)cc(OC)c1OC. The summed E-state index contributed by atoms with van der Waals surface area (Å²) in [4.78, 5) is 25.2. The van der Waals surface area contributed by atoms with E-state index in [1.165, 1.54) is 33.5 Å². The molecule has 0 unspecified atom stereocenters. The summed E-state index contributed by atoms with van der Waals surface area (Å²) in [6.07, 6.45) is 4.67. The largest absolute Gasteiger partial charge is 0.493 e. The quantitative estimate of drug-likeness (QED) is 0.476. The number of carbonyl (C=O) groups excluding carboxylic acids is 2. The minimum absolute atomic E-state index is 0.0806. The highest BCUT2D eigenvalue weighted by molar-refractivity contribution is 7.80. The van der Waals surface area contributed by atoms with Gasteiger partial charge in [0.15, 0.2) is 16.6 Å². The molecule has 0 radical (unpaired) electrons. The van der Waals surface area contributed by atoms with Gasteiger partial charge in [0.2, 0.25) is 5.75 Å². The fraction of sp³-hybridized carbons (Fsp3) is 0.208. The number of methoxy groups -OCH3 is 3. The number of halogens is 1. The van der Waals surface area contributed by atoms with Crippen LogP contribution in [0, 0.1) is 0 Å². The highest BCUT2D eigenvalue weighted by Crippen LogP contribution is 2.38. The molecule has 2 amide bonds. The topological polar surface area (TPSA) is 97.9 Å². The van der Waals surface area contributed by atoms with Crippen molar-refractivity contribution in [3.05, 3.63) is 64.7 Å². The number of nitrogens with one attached hydrogen (secondary N) is 3. The molecule has 8 nitrogen and oxygen atoms in total. The molecule has 3 N–H and O–H groups in total. The van der Waals surface area contributed by atoms with Crippen molar-refractivity contribution in [1.29, 1.82) is 0 Å². The maximum Gasteiger partial charge on any atom is 0.257 e. The first-order chi connectivity index (χ1) is 16.3. The van der Waals surface area contributed by atoms with E-state index >= 15 is 0 Å². The van der Waals surface area contributed by atoms with Crippen LogP contribution < -0.4 is 30.2 Å². The van der Waals surface area contributed by atoms with Gasteiger partial charge in [-0.15, -0.1) is 0 Å². The molecule has 0 fully saturated rings. The number of hydrogen-bond donors (Lipinski definition) is 3. The molecule has 0 saturated carbocycles. The number of rotatable bonds is 7. The summed E-state index contributed by atoms with van der Waals surface area (Å²) in [5.74, 6) is 0.414. The Labute approximate surface area is 207 Å². The van der Waals surface area contributed by atoms with Crippen LogP contribution >= 0.6 is 23.8 Å². The van der Waals surface area contributed by atoms with Crippen LogP contribution in [0.25, 0.3) is 0 Å². The summed E-state index contributed by atoms with van der Waals surface area (Å²) in [5.41, 5.74) is 2.09. The molecule has 0 saturated heterocycles. The highest BCUT2D eigenvalue weighted by Gasteiger charge is 2.18. The van der Waals surface area contributed by atoms with Gasteiger partial charge in [0.25, 0.3) is 11.8 Å². The van der Waals surface area contributed by atoms with E-state index in [9.17, 15) is 9.59 Å². The summed E-state index contributed by atoms with van der Waals surface area (Å²) >= 11 is 11.2. The number of amides is 2. The number of allylic oxidation sites excluding steroid dienone is 3. The smallest absolute Gasteiger partial charge is 0.257 e. The van der Waals surface area contributed by atoms with Crippen LogP contribution in [0.15, 0.2) is 59.2 Å². The van der Waals surface area contributed by atoms with Gasteiger partial charge in [-0.3, -0.25) is 14.9 Å². The van der Waals surface area contributed by atoms with Crippen molar-refractivity contribution in [3.63, 3.8) is 0 Å². The van der Waals surface area contributed by atoms with E-state index in [1.807, 2.05) is 0 Å². The molecule has 1 aliphatic carbocycles. The zero-order chi connectivity index (χ0) is 24.7. The highest BCUT2D eigenvalue weighted by atomic mass is 35.5. The van der Waals surface area contributed by atoms with Crippen LogP contribution in [0.4, 0.5) is 11.4 Å². The average molecular weight is 502 g/mol. The van der Waals surface area contributed by atoms with Gasteiger partial charge in [0.1, 0.15) is 0 Å². The van der Waals surface area contributed by atoms with Gasteiger partial charge < -0.3 is 24.8 Å². The lowest BCUT2D eigenvalue weighted by Crippen LogP contribution is -2.34. The fourth-order valence-corrected chi connectivity index (χ4v) is 3.60. The van der Waals surface area contributed by atoms with Crippen LogP contribution in [0.2, 0.25) is 0 Å². The molecule has 34 heavy (non-hydrogen) atoms. The second kappa shape index (κ2) is 11.5. The third-order valence-corrected chi connectivity index (χ3v) is 5.44. The Morgan fingerprint density at radius 2 is 1.53 bits per heavy atom. The van der Waals surface area contributed by atoms with Crippen molar-refractivity contribution in [2.45, 2.75) is 12.8 Å². The molecule has 3 rings (SSSR count). The minimum Gasteiger partial charge on any atom is -0.493 e. The normalized spacial score (nSPS) is 12.6. The standard InChI is InChI=1S/C24H24ClN3O5S/c1-31-19-11-15(12-20(32-2)21(19)33-3)23(30)28-24(34)27-18-6-4-5-17(13-18)26-22(29)14-7-9-16(25)10-8-14/h4-7,9,11-13H,8,10H2,1-3H3,(H,26,29)(H2,27,28,30,34). The first kappa shape index (κ1) is 25.1. The van der Waals surface area contributed by atoms with Crippen LogP contribution in [0.3, 0.4) is 0 Å². The van der Waals surface area contributed by atoms with E-state index in [-0.39, 0.29) is 16.6 Å². The predicted molar refractivity (Wildman–Crippen MR) is 136 cm³/mol. The number of hydrogen-bond acceptors (Lipinski definition) is 6. The Bertz CT molecular complexity index is 1150. The second-order valence-corrected chi connectivity index (χ2v) is 8.06. The van der Waals surface area contributed by atoms with E-state index in [4.69, 9.17) is 38.0 Å². The lowest BCUT2D eigenvalue weighted by molar-refractivity contribution is -0.113. The first-order valence-corrected chi connectivity index (χ1v) is 11.0. The second-order valence-electron chi connectivity index (χ2n) is 7.16. The van der Waals surface area contributed by atoms with E-state index in [0.29, 0.717) is 47.0 Å². The molecule has 1 aliphatic rings. The summed E-state index contributed by atoms with van der Waals surface area (Å²) in [7, 11) is 4.41. The van der Waals surface area contributed by atoms with Crippen molar-refractivity contribution in [2.75, 3.05) is 32.0 Å². The Morgan fingerprint density at radius 3 is 2.09 bits per heavy atom. The number of anilines is 2. The molecule has 0 aromatic heterocycles. The van der Waals surface area contributed by atoms with Gasteiger partial charge >= 0.3 is 0 Å². The molecule has 0 spiro atoms. The zero-order valence-electron chi connectivity index (χ0n) is 18.9. The van der Waals surface area contributed by atoms with Crippen LogP contribution in [0.1, 0.15) is 23.2 Å². The third kappa shape index (κ3) is 6.27. The van der Waals surface area contributed by atoms with Gasteiger partial charge in [0.05, 0.1) is 21.3 Å². The molecular formula is C24H24ClN3O5S. The van der Waals surface area contributed by atoms with Gasteiger partial charge in [-0.2, -0.15) is 0 Å². The molecule has 178 valence electrons. The summed E-state index contributed by atoms with van der Waals surface area (Å²) < 4.78 is 15.8. The molecule has 2 aromatic rings. The number of ether oxygens (including phenoxy) is 3. The number of benzene rings is 2. The molecule has 0 aliphatic heterocycles. The number of carbonyl (C=O) groups is 2. The lowest BCUT2D eigenvalue weighted by atomic mass is 10.0. The molecule has 10 heteroatoms. The van der Waals surface area contributed by atoms with Gasteiger partial charge in [-0.1, -0.05) is 23.7 Å². The van der Waals surface area contributed by atoms with E-state index in [1.54, 1.807) is 36.4 Å². The Morgan fingerprint density at radius 1 is 0.882 bits per heavy atom. The van der Waals surface area contributed by atoms with Crippen LogP contribution in [-0.2, 0) is 4.79 Å². The molecule has 0 heterocycles. The van der Waals surface area contributed by atoms with Crippen LogP contribution in [-0.4, -0.2) is 38.3 Å². The first-order valence-electron chi connectivity index (χ1n) is 10.2. The van der Waals surface area contributed by atoms with E-state index in [2.05, 4.69) is 16.0 Å². The predicted octanol–water partition coefficient (Wildman–Crippen LogP) is 4.62. The third-order valence-electron chi connectivity index (χ3n) is 4.92. The molecule has 0 atom stereocenters. The van der Waals surface area contributed by atoms with Gasteiger partial charge in [-0.05, 0) is 61.5 Å². The Kier molecular flexibility index (Phi) is 8.50. The summed E-state index contributed by atoms with van der Waals surface area (Å²) in [6.45, 7) is 0. The maximum absolute atomic E-state index is 12.7. The molecule has 2 aromatic carbocycles. The van der Waals surface area contributed by atoms with Crippen molar-refractivity contribution >= 4 is 52.1 Å². The summed E-state index contributed by atoms with van der Waals surface area (Å²) in [6, 6.07) is 10.0.